The molecule has 1 fully saturated rings. The summed E-state index contributed by atoms with van der Waals surface area (Å²) in [6, 6.07) is 2.57. The van der Waals surface area contributed by atoms with E-state index >= 15 is 0 Å². The Balaban J connectivity index is 0.00000196. The monoisotopic (exact) mass is 401 g/mol. The molecule has 8 heteroatoms. The molecule has 2 heterocycles. The van der Waals surface area contributed by atoms with Gasteiger partial charge >= 0.3 is 0 Å². The van der Waals surface area contributed by atoms with E-state index in [-0.39, 0.29) is 18.4 Å². The van der Waals surface area contributed by atoms with Gasteiger partial charge in [-0.25, -0.2) is 8.78 Å². The molecular formula is C18H22ClF2N3OS. The topological polar surface area (TPSA) is 33.2 Å². The Bertz CT molecular complexity index is 832. The smallest absolute Gasteiger partial charge is 0.177 e. The second-order valence-corrected chi connectivity index (χ2v) is 7.15. The third kappa shape index (κ3) is 3.86. The first kappa shape index (κ1) is 19.5. The van der Waals surface area contributed by atoms with Crippen molar-refractivity contribution in [1.82, 2.24) is 14.5 Å². The average molecular weight is 402 g/mol. The molecule has 26 heavy (non-hydrogen) atoms. The van der Waals surface area contributed by atoms with Crippen LogP contribution in [0.5, 0.6) is 0 Å². The molecule has 1 aromatic heterocycles. The van der Waals surface area contributed by atoms with E-state index in [1.807, 2.05) is 6.20 Å². The molecular weight excluding hydrogens is 380 g/mol. The lowest BCUT2D eigenvalue weighted by atomic mass is 9.87. The second kappa shape index (κ2) is 8.17. The van der Waals surface area contributed by atoms with Crippen LogP contribution in [-0.2, 0) is 24.1 Å². The van der Waals surface area contributed by atoms with Crippen molar-refractivity contribution in [1.29, 1.82) is 0 Å². The van der Waals surface area contributed by atoms with Crippen LogP contribution in [0, 0.1) is 16.4 Å². The van der Waals surface area contributed by atoms with E-state index in [0.29, 0.717) is 23.2 Å². The normalized spacial score (nSPS) is 20.5. The number of benzene rings is 1. The number of aromatic amines is 1. The van der Waals surface area contributed by atoms with Crippen molar-refractivity contribution in [2.24, 2.45) is 0 Å². The van der Waals surface area contributed by atoms with Crippen LogP contribution < -0.4 is 0 Å². The van der Waals surface area contributed by atoms with Gasteiger partial charge in [-0.1, -0.05) is 0 Å². The molecule has 0 bridgehead atoms. The van der Waals surface area contributed by atoms with Crippen LogP contribution in [0.1, 0.15) is 29.3 Å². The lowest BCUT2D eigenvalue weighted by Crippen LogP contribution is -2.36. The number of halogens is 3. The fourth-order valence-corrected chi connectivity index (χ4v) is 4.26. The molecule has 1 N–H and O–H groups in total. The van der Waals surface area contributed by atoms with Crippen LogP contribution in [0.2, 0.25) is 0 Å². The summed E-state index contributed by atoms with van der Waals surface area (Å²) >= 11 is 5.49. The second-order valence-electron chi connectivity index (χ2n) is 6.77. The lowest BCUT2D eigenvalue weighted by Gasteiger charge is -2.30. The minimum Gasteiger partial charge on any atom is -0.379 e. The number of fused-ring (bicyclic) bond motifs is 1. The third-order valence-corrected chi connectivity index (χ3v) is 5.50. The standard InChI is InChI=1S/C18H21F2N3OS.ClH/c19-13-7-12-8-14(1-2-16(12)17(20)9-13)23-15(10-21-18(23)25)11-22-3-5-24-6-4-22;/h7,9-10,14H,1-6,8,11H2,(H,21,25);1H. The first-order valence-electron chi connectivity index (χ1n) is 8.67. The van der Waals surface area contributed by atoms with Crippen molar-refractivity contribution in [2.45, 2.75) is 31.8 Å². The summed E-state index contributed by atoms with van der Waals surface area (Å²) in [5, 5.41) is 0. The minimum absolute atomic E-state index is 0. The first-order chi connectivity index (χ1) is 12.1. The highest BCUT2D eigenvalue weighted by atomic mass is 35.5. The summed E-state index contributed by atoms with van der Waals surface area (Å²) in [5.41, 5.74) is 2.53. The third-order valence-electron chi connectivity index (χ3n) is 5.18. The lowest BCUT2D eigenvalue weighted by molar-refractivity contribution is 0.0329. The maximum atomic E-state index is 14.0. The predicted octanol–water partition coefficient (Wildman–Crippen LogP) is 3.81. The Morgan fingerprint density at radius 2 is 2.00 bits per heavy atom. The average Bonchev–Trinajstić information content (AvgIpc) is 2.95. The van der Waals surface area contributed by atoms with E-state index in [0.717, 1.165) is 56.6 Å². The Morgan fingerprint density at radius 1 is 1.23 bits per heavy atom. The number of nitrogens with one attached hydrogen (secondary N) is 1. The fourth-order valence-electron chi connectivity index (χ4n) is 3.93. The maximum absolute atomic E-state index is 14.0. The number of imidazole rings is 1. The summed E-state index contributed by atoms with van der Waals surface area (Å²) in [6.45, 7) is 4.11. The molecule has 0 amide bonds. The van der Waals surface area contributed by atoms with Gasteiger partial charge < -0.3 is 14.3 Å². The molecule has 2 aromatic rings. The summed E-state index contributed by atoms with van der Waals surface area (Å²) in [4.78, 5) is 5.48. The van der Waals surface area contributed by atoms with Gasteiger partial charge in [-0.05, 0) is 48.7 Å². The van der Waals surface area contributed by atoms with Crippen molar-refractivity contribution in [2.75, 3.05) is 26.3 Å². The molecule has 1 aliphatic heterocycles. The molecule has 4 nitrogen and oxygen atoms in total. The van der Waals surface area contributed by atoms with Gasteiger partial charge in [0.15, 0.2) is 4.77 Å². The van der Waals surface area contributed by atoms with Gasteiger partial charge in [-0.15, -0.1) is 12.4 Å². The van der Waals surface area contributed by atoms with Crippen LogP contribution >= 0.6 is 24.6 Å². The van der Waals surface area contributed by atoms with Gasteiger partial charge in [-0.3, -0.25) is 4.90 Å². The van der Waals surface area contributed by atoms with Gasteiger partial charge in [0, 0.05) is 37.9 Å². The zero-order valence-electron chi connectivity index (χ0n) is 14.3. The highest BCUT2D eigenvalue weighted by Gasteiger charge is 2.26. The molecule has 0 spiro atoms. The molecule has 1 saturated heterocycles. The maximum Gasteiger partial charge on any atom is 0.177 e. The summed E-state index contributed by atoms with van der Waals surface area (Å²) in [5.74, 6) is -0.942. The predicted molar refractivity (Wildman–Crippen MR) is 100 cm³/mol. The zero-order valence-corrected chi connectivity index (χ0v) is 16.0. The Kier molecular flexibility index (Phi) is 6.12. The zero-order chi connectivity index (χ0) is 17.4. The highest BCUT2D eigenvalue weighted by Crippen LogP contribution is 2.32. The Labute approximate surface area is 162 Å². The van der Waals surface area contributed by atoms with E-state index in [4.69, 9.17) is 17.0 Å². The highest BCUT2D eigenvalue weighted by molar-refractivity contribution is 7.71. The Morgan fingerprint density at radius 3 is 2.77 bits per heavy atom. The van der Waals surface area contributed by atoms with Crippen molar-refractivity contribution < 1.29 is 13.5 Å². The molecule has 142 valence electrons. The van der Waals surface area contributed by atoms with Crippen molar-refractivity contribution in [3.05, 3.63) is 51.6 Å². The number of hydrogen-bond donors (Lipinski definition) is 1. The van der Waals surface area contributed by atoms with Crippen molar-refractivity contribution in [3.63, 3.8) is 0 Å². The molecule has 1 aliphatic carbocycles. The van der Waals surface area contributed by atoms with Crippen LogP contribution in [0.4, 0.5) is 8.78 Å². The number of rotatable bonds is 3. The summed E-state index contributed by atoms with van der Waals surface area (Å²) in [7, 11) is 0. The van der Waals surface area contributed by atoms with E-state index in [1.165, 1.54) is 6.07 Å². The number of morpholine rings is 1. The van der Waals surface area contributed by atoms with Crippen molar-refractivity contribution in [3.8, 4) is 0 Å². The number of aromatic nitrogens is 2. The van der Waals surface area contributed by atoms with E-state index in [2.05, 4.69) is 14.5 Å². The molecule has 1 atom stereocenters. The molecule has 4 rings (SSSR count). The van der Waals surface area contributed by atoms with Gasteiger partial charge in [0.2, 0.25) is 0 Å². The van der Waals surface area contributed by atoms with Crippen LogP contribution in [0.15, 0.2) is 18.3 Å². The quantitative estimate of drug-likeness (QED) is 0.794. The van der Waals surface area contributed by atoms with Gasteiger partial charge in [0.1, 0.15) is 11.6 Å². The Hall–Kier alpha value is -1.28. The molecule has 1 aromatic carbocycles. The van der Waals surface area contributed by atoms with E-state index < -0.39 is 11.6 Å². The minimum atomic E-state index is -0.511. The molecule has 0 radical (unpaired) electrons. The van der Waals surface area contributed by atoms with Gasteiger partial charge in [-0.2, -0.15) is 0 Å². The molecule has 0 saturated carbocycles. The molecule has 1 unspecified atom stereocenters. The number of H-pyrrole nitrogens is 1. The number of ether oxygens (including phenoxy) is 1. The SMILES string of the molecule is Cl.Fc1cc(F)c2c(c1)CC(n1c(CN3CCOCC3)c[nH]c1=S)CC2. The van der Waals surface area contributed by atoms with Crippen LogP contribution in [0.25, 0.3) is 0 Å². The van der Waals surface area contributed by atoms with Gasteiger partial charge in [0.05, 0.1) is 18.9 Å². The molecule has 2 aliphatic rings. The van der Waals surface area contributed by atoms with E-state index in [1.54, 1.807) is 0 Å². The number of hydrogen-bond acceptors (Lipinski definition) is 3. The summed E-state index contributed by atoms with van der Waals surface area (Å²) in [6.07, 6.45) is 3.97. The fraction of sp³-hybridized carbons (Fsp3) is 0.500. The largest absolute Gasteiger partial charge is 0.379 e. The van der Waals surface area contributed by atoms with Crippen LogP contribution in [0.3, 0.4) is 0 Å². The van der Waals surface area contributed by atoms with Crippen LogP contribution in [-0.4, -0.2) is 40.8 Å². The number of nitrogens with zero attached hydrogens (tertiary/aromatic N) is 2. The van der Waals surface area contributed by atoms with Gasteiger partial charge in [0.25, 0.3) is 0 Å². The summed E-state index contributed by atoms with van der Waals surface area (Å²) < 4.78 is 35.8. The van der Waals surface area contributed by atoms with Crippen molar-refractivity contribution >= 4 is 24.6 Å². The first-order valence-corrected chi connectivity index (χ1v) is 9.08. The van der Waals surface area contributed by atoms with E-state index in [9.17, 15) is 8.78 Å².